The monoisotopic (exact) mass is 247 g/mol. The lowest BCUT2D eigenvalue weighted by Gasteiger charge is -2.02. The van der Waals surface area contributed by atoms with Crippen LogP contribution in [0.25, 0.3) is 6.08 Å². The van der Waals surface area contributed by atoms with Crippen LogP contribution in [-0.2, 0) is 0 Å². The van der Waals surface area contributed by atoms with Crippen LogP contribution in [0.3, 0.4) is 0 Å². The van der Waals surface area contributed by atoms with Crippen LogP contribution < -0.4 is 0 Å². The molecule has 1 saturated carbocycles. The van der Waals surface area contributed by atoms with Crippen molar-refractivity contribution in [1.82, 2.24) is 0 Å². The fraction of sp³-hybridized carbons (Fsp3) is 0.167. The van der Waals surface area contributed by atoms with E-state index in [1.807, 2.05) is 30.5 Å². The van der Waals surface area contributed by atoms with E-state index in [4.69, 9.17) is 4.99 Å². The van der Waals surface area contributed by atoms with Crippen LogP contribution in [0, 0.1) is 0 Å². The summed E-state index contributed by atoms with van der Waals surface area (Å²) in [6.07, 6.45) is 8.71. The highest BCUT2D eigenvalue weighted by molar-refractivity contribution is 5.80. The van der Waals surface area contributed by atoms with Crippen molar-refractivity contribution in [3.63, 3.8) is 0 Å². The van der Waals surface area contributed by atoms with Crippen molar-refractivity contribution < 1.29 is 0 Å². The zero-order valence-corrected chi connectivity index (χ0v) is 10.9. The van der Waals surface area contributed by atoms with Crippen molar-refractivity contribution in [1.29, 1.82) is 0 Å². The van der Waals surface area contributed by atoms with Gasteiger partial charge in [0.05, 0.1) is 5.54 Å². The third kappa shape index (κ3) is 3.19. The van der Waals surface area contributed by atoms with Gasteiger partial charge >= 0.3 is 0 Å². The van der Waals surface area contributed by atoms with E-state index in [0.29, 0.717) is 0 Å². The molecular weight excluding hydrogens is 230 g/mol. The molecule has 1 aliphatic carbocycles. The minimum atomic E-state index is 0.0473. The summed E-state index contributed by atoms with van der Waals surface area (Å²) >= 11 is 0. The molecular formula is C18H17N. The Kier molecular flexibility index (Phi) is 3.28. The third-order valence-electron chi connectivity index (χ3n) is 3.42. The average Bonchev–Trinajstić information content (AvgIpc) is 3.26. The van der Waals surface area contributed by atoms with Gasteiger partial charge in [-0.25, -0.2) is 0 Å². The Morgan fingerprint density at radius 2 is 1.37 bits per heavy atom. The molecule has 19 heavy (non-hydrogen) atoms. The van der Waals surface area contributed by atoms with Crippen LogP contribution in [0.2, 0.25) is 0 Å². The van der Waals surface area contributed by atoms with Gasteiger partial charge in [0.15, 0.2) is 0 Å². The molecule has 1 heteroatoms. The first-order valence-electron chi connectivity index (χ1n) is 6.71. The summed E-state index contributed by atoms with van der Waals surface area (Å²) in [6.45, 7) is 0. The number of hydrogen-bond acceptors (Lipinski definition) is 1. The largest absolute Gasteiger partial charge is 0.282 e. The third-order valence-corrected chi connectivity index (χ3v) is 3.42. The van der Waals surface area contributed by atoms with E-state index in [2.05, 4.69) is 48.6 Å². The molecule has 1 fully saturated rings. The molecule has 2 aromatic carbocycles. The van der Waals surface area contributed by atoms with E-state index >= 15 is 0 Å². The molecule has 94 valence electrons. The lowest BCUT2D eigenvalue weighted by Crippen LogP contribution is -1.99. The van der Waals surface area contributed by atoms with E-state index in [1.165, 1.54) is 11.1 Å². The van der Waals surface area contributed by atoms with E-state index in [-0.39, 0.29) is 5.54 Å². The van der Waals surface area contributed by atoms with Gasteiger partial charge in [0.2, 0.25) is 0 Å². The number of nitrogens with zero attached hydrogens (tertiary/aromatic N) is 1. The van der Waals surface area contributed by atoms with E-state index in [0.717, 1.165) is 12.8 Å². The van der Waals surface area contributed by atoms with Gasteiger partial charge in [-0.15, -0.1) is 0 Å². The predicted molar refractivity (Wildman–Crippen MR) is 81.5 cm³/mol. The van der Waals surface area contributed by atoms with Gasteiger partial charge in [-0.2, -0.15) is 0 Å². The highest BCUT2D eigenvalue weighted by Gasteiger charge is 2.39. The van der Waals surface area contributed by atoms with Crippen molar-refractivity contribution >= 4 is 12.3 Å². The molecule has 0 aromatic heterocycles. The summed E-state index contributed by atoms with van der Waals surface area (Å²) in [7, 11) is 0. The van der Waals surface area contributed by atoms with Crippen LogP contribution in [0.4, 0.5) is 0 Å². The molecule has 1 nitrogen and oxygen atoms in total. The van der Waals surface area contributed by atoms with E-state index < -0.39 is 0 Å². The summed E-state index contributed by atoms with van der Waals surface area (Å²) in [5.41, 5.74) is 2.46. The first-order chi connectivity index (χ1) is 9.36. The van der Waals surface area contributed by atoms with Crippen molar-refractivity contribution in [2.24, 2.45) is 4.99 Å². The smallest absolute Gasteiger partial charge is 0.0793 e. The molecule has 0 aliphatic heterocycles. The fourth-order valence-electron chi connectivity index (χ4n) is 2.02. The summed E-state index contributed by atoms with van der Waals surface area (Å²) in [6, 6.07) is 20.7. The summed E-state index contributed by atoms with van der Waals surface area (Å²) < 4.78 is 0. The van der Waals surface area contributed by atoms with E-state index in [1.54, 1.807) is 0 Å². The predicted octanol–water partition coefficient (Wildman–Crippen LogP) is 4.35. The zero-order valence-electron chi connectivity index (χ0n) is 10.9. The van der Waals surface area contributed by atoms with Gasteiger partial charge in [0.1, 0.15) is 0 Å². The van der Waals surface area contributed by atoms with Crippen LogP contribution in [0.1, 0.15) is 24.0 Å². The van der Waals surface area contributed by atoms with Crippen molar-refractivity contribution in [2.45, 2.75) is 18.4 Å². The first kappa shape index (κ1) is 11.9. The molecule has 3 rings (SSSR count). The lowest BCUT2D eigenvalue weighted by molar-refractivity contribution is 0.868. The molecule has 0 atom stereocenters. The van der Waals surface area contributed by atoms with Crippen molar-refractivity contribution in [3.8, 4) is 0 Å². The van der Waals surface area contributed by atoms with Crippen LogP contribution in [-0.4, -0.2) is 11.8 Å². The molecule has 0 spiro atoms. The maximum atomic E-state index is 4.74. The highest BCUT2D eigenvalue weighted by Crippen LogP contribution is 2.41. The van der Waals surface area contributed by atoms with E-state index in [9.17, 15) is 0 Å². The topological polar surface area (TPSA) is 12.4 Å². The maximum absolute atomic E-state index is 4.74. The van der Waals surface area contributed by atoms with Gasteiger partial charge in [-0.3, -0.25) is 4.99 Å². The minimum Gasteiger partial charge on any atom is -0.282 e. The lowest BCUT2D eigenvalue weighted by atomic mass is 10.1. The maximum Gasteiger partial charge on any atom is 0.0793 e. The van der Waals surface area contributed by atoms with Crippen LogP contribution in [0.15, 0.2) is 71.7 Å². The van der Waals surface area contributed by atoms with Gasteiger partial charge in [0.25, 0.3) is 0 Å². The Bertz CT molecular complexity index is 526. The summed E-state index contributed by atoms with van der Waals surface area (Å²) in [4.78, 5) is 4.74. The normalized spacial score (nSPS) is 17.1. The second-order valence-corrected chi connectivity index (χ2v) is 5.02. The Hall–Kier alpha value is -2.15. The minimum absolute atomic E-state index is 0.0473. The molecule has 1 aliphatic rings. The second kappa shape index (κ2) is 5.23. The number of hydrogen-bond donors (Lipinski definition) is 0. The molecule has 0 amide bonds. The molecule has 0 N–H and O–H groups in total. The van der Waals surface area contributed by atoms with Gasteiger partial charge in [-0.1, -0.05) is 72.8 Å². The molecule has 2 aromatic rings. The number of benzene rings is 2. The Labute approximate surface area is 114 Å². The Morgan fingerprint density at radius 3 is 1.95 bits per heavy atom. The molecule has 0 heterocycles. The zero-order chi connectivity index (χ0) is 13.0. The molecule has 0 bridgehead atoms. The van der Waals surface area contributed by atoms with Crippen LogP contribution >= 0.6 is 0 Å². The summed E-state index contributed by atoms with van der Waals surface area (Å²) in [5.74, 6) is 0. The molecule has 0 unspecified atom stereocenters. The molecule has 0 radical (unpaired) electrons. The summed E-state index contributed by atoms with van der Waals surface area (Å²) in [5, 5.41) is 0. The van der Waals surface area contributed by atoms with Crippen LogP contribution in [0.5, 0.6) is 0 Å². The SMILES string of the molecule is C(=NC1(/C=C/c2ccccc2)CC1)c1ccccc1. The van der Waals surface area contributed by atoms with Gasteiger partial charge in [-0.05, 0) is 24.0 Å². The van der Waals surface area contributed by atoms with Crippen molar-refractivity contribution in [2.75, 3.05) is 0 Å². The Morgan fingerprint density at radius 1 is 0.789 bits per heavy atom. The highest BCUT2D eigenvalue weighted by atomic mass is 14.9. The number of aliphatic imine (C=N–C) groups is 1. The first-order valence-corrected chi connectivity index (χ1v) is 6.71. The quantitative estimate of drug-likeness (QED) is 0.712. The van der Waals surface area contributed by atoms with Crippen molar-refractivity contribution in [3.05, 3.63) is 77.9 Å². The van der Waals surface area contributed by atoms with Gasteiger partial charge in [0, 0.05) is 6.21 Å². The second-order valence-electron chi connectivity index (χ2n) is 5.02. The molecule has 0 saturated heterocycles. The fourth-order valence-corrected chi connectivity index (χ4v) is 2.02. The average molecular weight is 247 g/mol. The van der Waals surface area contributed by atoms with Gasteiger partial charge < -0.3 is 0 Å². The number of rotatable bonds is 4. The Balaban J connectivity index is 1.71. The standard InChI is InChI=1S/C18H17N/c1-3-7-16(8-4-1)11-12-18(13-14-18)19-15-17-9-5-2-6-10-17/h1-12,15H,13-14H2/b12-11+,19-15?.